The fourth-order valence-corrected chi connectivity index (χ4v) is 3.21. The summed E-state index contributed by atoms with van der Waals surface area (Å²) < 4.78 is 33.4. The van der Waals surface area contributed by atoms with Crippen LogP contribution in [0.1, 0.15) is 22.3 Å². The summed E-state index contributed by atoms with van der Waals surface area (Å²) in [7, 11) is -3.74. The summed E-state index contributed by atoms with van der Waals surface area (Å²) in [6.45, 7) is 1.34. The molecule has 8 nitrogen and oxygen atoms in total. The first-order valence-electron chi connectivity index (χ1n) is 8.13. The minimum atomic E-state index is -3.74. The highest BCUT2D eigenvalue weighted by atomic mass is 35.5. The Bertz CT molecular complexity index is 928. The number of halogens is 1. The van der Waals surface area contributed by atoms with Gasteiger partial charge in [-0.15, -0.1) is 0 Å². The quantitative estimate of drug-likeness (QED) is 0.742. The van der Waals surface area contributed by atoms with Crippen molar-refractivity contribution in [1.29, 1.82) is 0 Å². The van der Waals surface area contributed by atoms with E-state index in [1.54, 1.807) is 12.1 Å². The van der Waals surface area contributed by atoms with Gasteiger partial charge in [0.1, 0.15) is 11.1 Å². The van der Waals surface area contributed by atoms with Crippen LogP contribution in [0.3, 0.4) is 0 Å². The molecule has 2 heterocycles. The van der Waals surface area contributed by atoms with Crippen LogP contribution in [0.5, 0.6) is 5.88 Å². The second-order valence-electron chi connectivity index (χ2n) is 5.99. The zero-order chi connectivity index (χ0) is 19.4. The average molecular weight is 412 g/mol. The third-order valence-corrected chi connectivity index (χ3v) is 5.14. The number of carbonyl (C=O) groups excluding carboxylic acids is 1. The van der Waals surface area contributed by atoms with Crippen molar-refractivity contribution < 1.29 is 22.7 Å². The Morgan fingerprint density at radius 3 is 2.70 bits per heavy atom. The summed E-state index contributed by atoms with van der Waals surface area (Å²) in [4.78, 5) is 16.4. The molecule has 3 rings (SSSR count). The molecular weight excluding hydrogens is 394 g/mol. The Morgan fingerprint density at radius 2 is 2.11 bits per heavy atom. The van der Waals surface area contributed by atoms with Gasteiger partial charge in [0.05, 0.1) is 23.7 Å². The predicted molar refractivity (Wildman–Crippen MR) is 98.1 cm³/mol. The molecule has 0 spiro atoms. The first-order valence-corrected chi connectivity index (χ1v) is 10.1. The number of pyridine rings is 1. The number of benzene rings is 1. The summed E-state index contributed by atoms with van der Waals surface area (Å²) in [5.41, 5.74) is 1.01. The number of rotatable bonds is 6. The predicted octanol–water partition coefficient (Wildman–Crippen LogP) is 1.48. The molecule has 1 amide bonds. The standard InChI is InChI=1S/C17H18ClN3O5S/c18-15-7-12(9-21-17(15)26-13-5-6-25-10-13)16(22)20-8-11-1-3-14(4-2-11)27(19,23)24/h1-4,7,9,13H,5-6,8,10H2,(H,20,22)(H2,19,23,24). The van der Waals surface area contributed by atoms with Gasteiger partial charge in [0.15, 0.2) is 0 Å². The minimum Gasteiger partial charge on any atom is -0.471 e. The fourth-order valence-electron chi connectivity index (χ4n) is 2.48. The highest BCUT2D eigenvalue weighted by molar-refractivity contribution is 7.89. The zero-order valence-corrected chi connectivity index (χ0v) is 15.8. The van der Waals surface area contributed by atoms with Crippen LogP contribution in [0, 0.1) is 0 Å². The van der Waals surface area contributed by atoms with Crippen LogP contribution >= 0.6 is 11.6 Å². The number of sulfonamides is 1. The lowest BCUT2D eigenvalue weighted by Crippen LogP contribution is -2.23. The van der Waals surface area contributed by atoms with Crippen molar-refractivity contribution in [1.82, 2.24) is 10.3 Å². The van der Waals surface area contributed by atoms with Crippen LogP contribution in [-0.2, 0) is 21.3 Å². The molecule has 0 bridgehead atoms. The maximum atomic E-state index is 12.3. The van der Waals surface area contributed by atoms with E-state index in [1.807, 2.05) is 0 Å². The average Bonchev–Trinajstić information content (AvgIpc) is 3.14. The van der Waals surface area contributed by atoms with E-state index in [9.17, 15) is 13.2 Å². The number of hydrogen-bond donors (Lipinski definition) is 2. The van der Waals surface area contributed by atoms with Crippen LogP contribution in [0.4, 0.5) is 0 Å². The SMILES string of the molecule is NS(=O)(=O)c1ccc(CNC(=O)c2cnc(OC3CCOC3)c(Cl)c2)cc1. The Morgan fingerprint density at radius 1 is 1.37 bits per heavy atom. The lowest BCUT2D eigenvalue weighted by Gasteiger charge is -2.12. The van der Waals surface area contributed by atoms with Crippen LogP contribution in [0.25, 0.3) is 0 Å². The van der Waals surface area contributed by atoms with Gasteiger partial charge >= 0.3 is 0 Å². The lowest BCUT2D eigenvalue weighted by atomic mass is 10.2. The smallest absolute Gasteiger partial charge is 0.253 e. The summed E-state index contributed by atoms with van der Waals surface area (Å²) in [6.07, 6.45) is 2.07. The van der Waals surface area contributed by atoms with E-state index in [4.69, 9.17) is 26.2 Å². The van der Waals surface area contributed by atoms with Gasteiger partial charge in [-0.3, -0.25) is 4.79 Å². The van der Waals surface area contributed by atoms with Crippen molar-refractivity contribution in [3.8, 4) is 5.88 Å². The monoisotopic (exact) mass is 411 g/mol. The number of carbonyl (C=O) groups is 1. The molecule has 1 fully saturated rings. The van der Waals surface area contributed by atoms with Gasteiger partial charge in [0.2, 0.25) is 15.9 Å². The molecule has 1 aromatic carbocycles. The minimum absolute atomic E-state index is 0.0109. The van der Waals surface area contributed by atoms with Crippen molar-refractivity contribution in [2.45, 2.75) is 24.0 Å². The Hall–Kier alpha value is -2.20. The van der Waals surface area contributed by atoms with E-state index in [0.717, 1.165) is 12.0 Å². The molecule has 1 saturated heterocycles. The molecule has 0 radical (unpaired) electrons. The fraction of sp³-hybridized carbons (Fsp3) is 0.294. The molecule has 0 aliphatic carbocycles. The molecule has 1 unspecified atom stereocenters. The Labute approximate surface area is 161 Å². The number of nitrogens with two attached hydrogens (primary N) is 1. The van der Waals surface area contributed by atoms with E-state index < -0.39 is 10.0 Å². The molecule has 144 valence electrons. The maximum absolute atomic E-state index is 12.3. The molecule has 1 aliphatic heterocycles. The van der Waals surface area contributed by atoms with Gasteiger partial charge < -0.3 is 14.8 Å². The Balaban J connectivity index is 1.59. The number of ether oxygens (including phenoxy) is 2. The van der Waals surface area contributed by atoms with Crippen LogP contribution in [0.15, 0.2) is 41.4 Å². The molecule has 2 aromatic rings. The van der Waals surface area contributed by atoms with Crippen molar-refractivity contribution in [2.24, 2.45) is 5.14 Å². The number of primary sulfonamides is 1. The largest absolute Gasteiger partial charge is 0.471 e. The second kappa shape index (κ2) is 8.22. The molecule has 3 N–H and O–H groups in total. The molecule has 1 aliphatic rings. The first-order chi connectivity index (χ1) is 12.8. The molecule has 27 heavy (non-hydrogen) atoms. The first kappa shape index (κ1) is 19.6. The lowest BCUT2D eigenvalue weighted by molar-refractivity contribution is 0.0950. The number of amides is 1. The summed E-state index contributed by atoms with van der Waals surface area (Å²) in [5, 5.41) is 8.01. The number of nitrogens with one attached hydrogen (secondary N) is 1. The van der Waals surface area contributed by atoms with Crippen molar-refractivity contribution >= 4 is 27.5 Å². The van der Waals surface area contributed by atoms with Gasteiger partial charge in [-0.2, -0.15) is 0 Å². The van der Waals surface area contributed by atoms with E-state index in [0.29, 0.717) is 13.2 Å². The molecule has 0 saturated carbocycles. The third kappa shape index (κ3) is 5.16. The Kier molecular flexibility index (Phi) is 5.95. The van der Waals surface area contributed by atoms with Crippen molar-refractivity contribution in [3.63, 3.8) is 0 Å². The van der Waals surface area contributed by atoms with Crippen LogP contribution in [-0.4, -0.2) is 38.6 Å². The van der Waals surface area contributed by atoms with Crippen LogP contribution in [0.2, 0.25) is 5.02 Å². The maximum Gasteiger partial charge on any atom is 0.253 e. The zero-order valence-electron chi connectivity index (χ0n) is 14.2. The molecule has 1 atom stereocenters. The summed E-state index contributed by atoms with van der Waals surface area (Å²) in [5.74, 6) is -0.0991. The number of hydrogen-bond acceptors (Lipinski definition) is 6. The van der Waals surface area contributed by atoms with E-state index >= 15 is 0 Å². The molecular formula is C17H18ClN3O5S. The van der Waals surface area contributed by atoms with Crippen molar-refractivity contribution in [3.05, 3.63) is 52.7 Å². The van der Waals surface area contributed by atoms with E-state index in [1.165, 1.54) is 24.4 Å². The van der Waals surface area contributed by atoms with Gasteiger partial charge in [0, 0.05) is 19.2 Å². The van der Waals surface area contributed by atoms with Gasteiger partial charge in [-0.05, 0) is 23.8 Å². The van der Waals surface area contributed by atoms with Crippen LogP contribution < -0.4 is 15.2 Å². The number of nitrogens with zero attached hydrogens (tertiary/aromatic N) is 1. The van der Waals surface area contributed by atoms with Gasteiger partial charge in [0.25, 0.3) is 5.91 Å². The molecule has 10 heteroatoms. The third-order valence-electron chi connectivity index (χ3n) is 3.94. The topological polar surface area (TPSA) is 121 Å². The normalized spacial score (nSPS) is 16.9. The van der Waals surface area contributed by atoms with E-state index in [-0.39, 0.29) is 39.9 Å². The van der Waals surface area contributed by atoms with Gasteiger partial charge in [-0.1, -0.05) is 23.7 Å². The summed E-state index contributed by atoms with van der Waals surface area (Å²) in [6, 6.07) is 7.40. The summed E-state index contributed by atoms with van der Waals surface area (Å²) >= 11 is 6.15. The van der Waals surface area contributed by atoms with Gasteiger partial charge in [-0.25, -0.2) is 18.5 Å². The highest BCUT2D eigenvalue weighted by Crippen LogP contribution is 2.25. The highest BCUT2D eigenvalue weighted by Gasteiger charge is 2.20. The second-order valence-corrected chi connectivity index (χ2v) is 7.95. The van der Waals surface area contributed by atoms with Crippen molar-refractivity contribution in [2.75, 3.05) is 13.2 Å². The van der Waals surface area contributed by atoms with E-state index in [2.05, 4.69) is 10.3 Å². The molecule has 1 aromatic heterocycles. The number of aromatic nitrogens is 1.